The van der Waals surface area contributed by atoms with Crippen molar-refractivity contribution >= 4 is 55.9 Å². The summed E-state index contributed by atoms with van der Waals surface area (Å²) < 4.78 is 2.12. The van der Waals surface area contributed by atoms with Crippen molar-refractivity contribution in [3.63, 3.8) is 0 Å². The van der Waals surface area contributed by atoms with E-state index in [2.05, 4.69) is 55.6 Å². The molecule has 1 aliphatic rings. The van der Waals surface area contributed by atoms with Gasteiger partial charge in [0.05, 0.1) is 5.69 Å². The van der Waals surface area contributed by atoms with Crippen LogP contribution in [0, 0.1) is 0 Å². The van der Waals surface area contributed by atoms with E-state index in [-0.39, 0.29) is 0 Å². The first-order valence-electron chi connectivity index (χ1n) is 4.75. The molecule has 0 saturated carbocycles. The van der Waals surface area contributed by atoms with Gasteiger partial charge in [-0.25, -0.2) is 0 Å². The summed E-state index contributed by atoms with van der Waals surface area (Å²) >= 11 is 11.2. The maximum atomic E-state index is 4.56. The highest BCUT2D eigenvalue weighted by atomic mass is 79.9. The lowest BCUT2D eigenvalue weighted by atomic mass is 10.1. The summed E-state index contributed by atoms with van der Waals surface area (Å²) in [4.78, 5) is 5.44. The molecule has 1 nitrogen and oxygen atoms in total. The van der Waals surface area contributed by atoms with Gasteiger partial charge in [-0.15, -0.1) is 12.6 Å². The molecule has 0 N–H and O–H groups in total. The van der Waals surface area contributed by atoms with Gasteiger partial charge in [-0.3, -0.25) is 4.99 Å². The SMILES string of the molecule is Sc1cc(Br)ccc1N=C1C=CC(Br)=CC1. The Morgan fingerprint density at radius 1 is 1.19 bits per heavy atom. The van der Waals surface area contributed by atoms with Crippen molar-refractivity contribution in [1.82, 2.24) is 0 Å². The third kappa shape index (κ3) is 3.09. The van der Waals surface area contributed by atoms with E-state index >= 15 is 0 Å². The fourth-order valence-corrected chi connectivity index (χ4v) is 2.44. The van der Waals surface area contributed by atoms with Crippen LogP contribution in [0.3, 0.4) is 0 Å². The first-order valence-corrected chi connectivity index (χ1v) is 6.78. The molecule has 0 spiro atoms. The molecule has 4 heteroatoms. The Labute approximate surface area is 117 Å². The van der Waals surface area contributed by atoms with Gasteiger partial charge in [-0.2, -0.15) is 0 Å². The van der Waals surface area contributed by atoms with Gasteiger partial charge in [0.15, 0.2) is 0 Å². The molecule has 0 unspecified atom stereocenters. The predicted molar refractivity (Wildman–Crippen MR) is 79.3 cm³/mol. The zero-order chi connectivity index (χ0) is 11.5. The van der Waals surface area contributed by atoms with E-state index in [1.54, 1.807) is 0 Å². The first-order chi connectivity index (χ1) is 7.65. The molecule has 0 aliphatic heterocycles. The Morgan fingerprint density at radius 3 is 2.62 bits per heavy atom. The van der Waals surface area contributed by atoms with Crippen LogP contribution in [0.25, 0.3) is 0 Å². The summed E-state index contributed by atoms with van der Waals surface area (Å²) in [5, 5.41) is 0. The van der Waals surface area contributed by atoms with Crippen molar-refractivity contribution in [3.05, 3.63) is 45.4 Å². The van der Waals surface area contributed by atoms with E-state index in [9.17, 15) is 0 Å². The minimum atomic E-state index is 0.848. The number of halogens is 2. The molecular formula is C12H9Br2NS. The van der Waals surface area contributed by atoms with Crippen LogP contribution in [0.2, 0.25) is 0 Å². The maximum Gasteiger partial charge on any atom is 0.0767 e. The molecule has 2 rings (SSSR count). The van der Waals surface area contributed by atoms with E-state index in [0.717, 1.165) is 31.7 Å². The highest BCUT2D eigenvalue weighted by Gasteiger charge is 2.02. The second-order valence-corrected chi connectivity index (χ2v) is 5.68. The van der Waals surface area contributed by atoms with Crippen LogP contribution in [0.15, 0.2) is 55.3 Å². The molecule has 16 heavy (non-hydrogen) atoms. The number of aliphatic imine (C=N–C) groups is 1. The number of hydrogen-bond acceptors (Lipinski definition) is 2. The largest absolute Gasteiger partial charge is 0.252 e. The number of thiol groups is 1. The average molecular weight is 359 g/mol. The standard InChI is InChI=1S/C12H9Br2NS/c13-8-1-4-10(5-2-8)15-11-6-3-9(14)7-12(11)16/h1-4,6-7,16H,5H2. The fraction of sp³-hybridized carbons (Fsp3) is 0.0833. The lowest BCUT2D eigenvalue weighted by molar-refractivity contribution is 1.33. The van der Waals surface area contributed by atoms with Crippen molar-refractivity contribution < 1.29 is 0 Å². The highest BCUT2D eigenvalue weighted by molar-refractivity contribution is 9.12. The fourth-order valence-electron chi connectivity index (χ4n) is 1.34. The Balaban J connectivity index is 2.27. The molecule has 1 aromatic carbocycles. The number of rotatable bonds is 1. The topological polar surface area (TPSA) is 12.4 Å². The number of benzene rings is 1. The van der Waals surface area contributed by atoms with Gasteiger partial charge in [-0.1, -0.05) is 37.9 Å². The maximum absolute atomic E-state index is 4.56. The number of nitrogens with zero attached hydrogens (tertiary/aromatic N) is 1. The van der Waals surface area contributed by atoms with Crippen LogP contribution in [0.1, 0.15) is 6.42 Å². The number of hydrogen-bond donors (Lipinski definition) is 1. The van der Waals surface area contributed by atoms with E-state index in [1.807, 2.05) is 30.4 Å². The summed E-state index contributed by atoms with van der Waals surface area (Å²) in [5.41, 5.74) is 1.94. The lowest BCUT2D eigenvalue weighted by Crippen LogP contribution is -1.95. The van der Waals surface area contributed by atoms with Gasteiger partial charge in [0.25, 0.3) is 0 Å². The third-order valence-corrected chi connectivity index (χ3v) is 3.58. The van der Waals surface area contributed by atoms with Crippen molar-refractivity contribution in [2.24, 2.45) is 4.99 Å². The van der Waals surface area contributed by atoms with Crippen LogP contribution >= 0.6 is 44.5 Å². The molecular weight excluding hydrogens is 350 g/mol. The normalized spacial score (nSPS) is 17.7. The molecule has 0 saturated heterocycles. The van der Waals surface area contributed by atoms with Crippen LogP contribution < -0.4 is 0 Å². The molecule has 0 radical (unpaired) electrons. The summed E-state index contributed by atoms with van der Waals surface area (Å²) in [5.74, 6) is 0. The summed E-state index contributed by atoms with van der Waals surface area (Å²) in [6.07, 6.45) is 6.95. The van der Waals surface area contributed by atoms with Crippen LogP contribution in [0.4, 0.5) is 5.69 Å². The summed E-state index contributed by atoms with van der Waals surface area (Å²) in [6.45, 7) is 0. The summed E-state index contributed by atoms with van der Waals surface area (Å²) in [6, 6.07) is 5.87. The van der Waals surface area contributed by atoms with Crippen LogP contribution in [-0.4, -0.2) is 5.71 Å². The predicted octanol–water partition coefficient (Wildman–Crippen LogP) is 5.05. The van der Waals surface area contributed by atoms with Crippen molar-refractivity contribution in [2.75, 3.05) is 0 Å². The van der Waals surface area contributed by atoms with Crippen LogP contribution in [0.5, 0.6) is 0 Å². The van der Waals surface area contributed by atoms with Crippen LogP contribution in [-0.2, 0) is 0 Å². The zero-order valence-electron chi connectivity index (χ0n) is 8.32. The molecule has 1 aliphatic carbocycles. The molecule has 0 bridgehead atoms. The van der Waals surface area contributed by atoms with E-state index in [4.69, 9.17) is 0 Å². The van der Waals surface area contributed by atoms with Gasteiger partial charge in [0.2, 0.25) is 0 Å². The molecule has 0 heterocycles. The monoisotopic (exact) mass is 357 g/mol. The van der Waals surface area contributed by atoms with E-state index in [0.29, 0.717) is 0 Å². The zero-order valence-corrected chi connectivity index (χ0v) is 12.4. The Bertz CT molecular complexity index is 504. The molecule has 0 aromatic heterocycles. The lowest BCUT2D eigenvalue weighted by Gasteiger charge is -2.05. The minimum absolute atomic E-state index is 0.848. The van der Waals surface area contributed by atoms with Crippen molar-refractivity contribution in [3.8, 4) is 0 Å². The smallest absolute Gasteiger partial charge is 0.0767 e. The van der Waals surface area contributed by atoms with Gasteiger partial charge < -0.3 is 0 Å². The van der Waals surface area contributed by atoms with Gasteiger partial charge in [-0.05, 0) is 30.4 Å². The highest BCUT2D eigenvalue weighted by Crippen LogP contribution is 2.27. The molecule has 0 amide bonds. The van der Waals surface area contributed by atoms with Gasteiger partial charge in [0, 0.05) is 26.0 Å². The molecule has 1 aromatic rings. The van der Waals surface area contributed by atoms with Crippen molar-refractivity contribution in [1.29, 1.82) is 0 Å². The minimum Gasteiger partial charge on any atom is -0.252 e. The Morgan fingerprint density at radius 2 is 2.00 bits per heavy atom. The van der Waals surface area contributed by atoms with E-state index < -0.39 is 0 Å². The average Bonchev–Trinajstić information content (AvgIpc) is 2.25. The third-order valence-electron chi connectivity index (χ3n) is 2.14. The number of allylic oxidation sites excluding steroid dienone is 4. The Kier molecular flexibility index (Phi) is 4.05. The molecule has 0 atom stereocenters. The van der Waals surface area contributed by atoms with Gasteiger partial charge in [0.1, 0.15) is 0 Å². The van der Waals surface area contributed by atoms with E-state index in [1.165, 1.54) is 0 Å². The molecule has 0 fully saturated rings. The second kappa shape index (κ2) is 5.34. The Hall–Kier alpha value is -0.320. The molecule has 82 valence electrons. The first kappa shape index (κ1) is 12.1. The second-order valence-electron chi connectivity index (χ2n) is 3.36. The summed E-state index contributed by atoms with van der Waals surface area (Å²) in [7, 11) is 0. The van der Waals surface area contributed by atoms with Gasteiger partial charge >= 0.3 is 0 Å². The quantitative estimate of drug-likeness (QED) is 0.674. The van der Waals surface area contributed by atoms with Crippen molar-refractivity contribution in [2.45, 2.75) is 11.3 Å².